The molecule has 0 radical (unpaired) electrons. The molecule has 2 N–H and O–H groups in total. The predicted octanol–water partition coefficient (Wildman–Crippen LogP) is 2.65. The number of aromatic nitrogens is 1. The van der Waals surface area contributed by atoms with E-state index >= 15 is 0 Å². The second-order valence-electron chi connectivity index (χ2n) is 6.51. The molecule has 0 unspecified atom stereocenters. The topological polar surface area (TPSA) is 99.6 Å². The number of carboxylic acid groups (broad SMARTS) is 1. The monoisotopic (exact) mass is 387 g/mol. The molecule has 0 saturated carbocycles. The van der Waals surface area contributed by atoms with Crippen LogP contribution in [0.25, 0.3) is 0 Å². The number of aryl methyl sites for hydroxylation is 1. The largest absolute Gasteiger partial charge is 0.481 e. The number of nitrogens with one attached hydrogen (secondary N) is 1. The number of benzene rings is 1. The van der Waals surface area contributed by atoms with Crippen LogP contribution in [0.2, 0.25) is 0 Å². The highest BCUT2D eigenvalue weighted by Crippen LogP contribution is 2.20. The minimum Gasteiger partial charge on any atom is -0.481 e. The second kappa shape index (κ2) is 8.77. The van der Waals surface area contributed by atoms with Gasteiger partial charge in [0.2, 0.25) is 5.91 Å². The Morgan fingerprint density at radius 1 is 1.19 bits per heavy atom. The highest BCUT2D eigenvalue weighted by molar-refractivity contribution is 7.07. The maximum atomic E-state index is 12.5. The Morgan fingerprint density at radius 3 is 2.48 bits per heavy atom. The van der Waals surface area contributed by atoms with Gasteiger partial charge in [-0.2, -0.15) is 0 Å². The zero-order valence-corrected chi connectivity index (χ0v) is 15.6. The summed E-state index contributed by atoms with van der Waals surface area (Å²) in [5.74, 6) is -1.37. The number of carbonyl (C=O) groups excluding carboxylic acids is 2. The lowest BCUT2D eigenvalue weighted by Gasteiger charge is -2.30. The Hall–Kier alpha value is -2.74. The summed E-state index contributed by atoms with van der Waals surface area (Å²) in [6.45, 7) is 0.899. The lowest BCUT2D eigenvalue weighted by molar-refractivity contribution is -0.143. The first-order chi connectivity index (χ1) is 13.0. The predicted molar refractivity (Wildman–Crippen MR) is 102 cm³/mol. The van der Waals surface area contributed by atoms with E-state index in [1.165, 1.54) is 11.3 Å². The van der Waals surface area contributed by atoms with Crippen LogP contribution in [0.4, 0.5) is 5.69 Å². The molecule has 0 atom stereocenters. The number of anilines is 1. The van der Waals surface area contributed by atoms with E-state index in [1.807, 2.05) is 5.38 Å². The first-order valence-electron chi connectivity index (χ1n) is 8.82. The van der Waals surface area contributed by atoms with E-state index in [-0.39, 0.29) is 17.7 Å². The van der Waals surface area contributed by atoms with Crippen molar-refractivity contribution in [1.82, 2.24) is 9.88 Å². The summed E-state index contributed by atoms with van der Waals surface area (Å²) in [6.07, 6.45) is 1.91. The average molecular weight is 387 g/mol. The van der Waals surface area contributed by atoms with Crippen molar-refractivity contribution < 1.29 is 19.5 Å². The first kappa shape index (κ1) is 19.0. The van der Waals surface area contributed by atoms with E-state index in [0.29, 0.717) is 50.0 Å². The third kappa shape index (κ3) is 5.13. The number of amides is 2. The molecule has 1 aromatic carbocycles. The maximum absolute atomic E-state index is 12.5. The van der Waals surface area contributed by atoms with E-state index in [0.717, 1.165) is 5.69 Å². The molecule has 142 valence electrons. The van der Waals surface area contributed by atoms with Gasteiger partial charge in [-0.25, -0.2) is 4.98 Å². The van der Waals surface area contributed by atoms with Gasteiger partial charge in [0, 0.05) is 36.1 Å². The van der Waals surface area contributed by atoms with Crippen LogP contribution in [-0.4, -0.2) is 45.9 Å². The zero-order chi connectivity index (χ0) is 19.2. The number of aliphatic carboxylic acids is 1. The number of hydrogen-bond acceptors (Lipinski definition) is 5. The van der Waals surface area contributed by atoms with Crippen LogP contribution < -0.4 is 5.32 Å². The van der Waals surface area contributed by atoms with Crippen LogP contribution in [0.5, 0.6) is 0 Å². The standard InChI is InChI=1S/C19H21N3O4S/c23-17(6-5-16-11-27-12-20-16)21-15-3-1-13(2-4-15)18(24)22-9-7-14(8-10-22)19(25)26/h1-4,11-12,14H,5-10H2,(H,21,23)(H,25,26). The highest BCUT2D eigenvalue weighted by Gasteiger charge is 2.27. The second-order valence-corrected chi connectivity index (χ2v) is 7.23. The van der Waals surface area contributed by atoms with Gasteiger partial charge in [0.15, 0.2) is 0 Å². The minimum atomic E-state index is -0.794. The van der Waals surface area contributed by atoms with Gasteiger partial charge < -0.3 is 15.3 Å². The lowest BCUT2D eigenvalue weighted by Crippen LogP contribution is -2.40. The van der Waals surface area contributed by atoms with Gasteiger partial charge in [0.25, 0.3) is 5.91 Å². The summed E-state index contributed by atoms with van der Waals surface area (Å²) in [5, 5.41) is 13.8. The molecule has 8 heteroatoms. The van der Waals surface area contributed by atoms with Crippen molar-refractivity contribution >= 4 is 34.8 Å². The Bertz CT molecular complexity index is 797. The summed E-state index contributed by atoms with van der Waals surface area (Å²) in [4.78, 5) is 41.4. The van der Waals surface area contributed by atoms with E-state index in [1.54, 1.807) is 34.7 Å². The van der Waals surface area contributed by atoms with Gasteiger partial charge >= 0.3 is 5.97 Å². The molecule has 2 amide bonds. The number of carbonyl (C=O) groups is 3. The number of thiazole rings is 1. The van der Waals surface area contributed by atoms with Crippen LogP contribution in [0.1, 0.15) is 35.3 Å². The molecular formula is C19H21N3O4S. The molecule has 7 nitrogen and oxygen atoms in total. The van der Waals surface area contributed by atoms with Gasteiger partial charge in [0.05, 0.1) is 17.1 Å². The molecule has 27 heavy (non-hydrogen) atoms. The van der Waals surface area contributed by atoms with Crippen molar-refractivity contribution in [1.29, 1.82) is 0 Å². The fourth-order valence-corrected chi connectivity index (χ4v) is 3.63. The highest BCUT2D eigenvalue weighted by atomic mass is 32.1. The summed E-state index contributed by atoms with van der Waals surface area (Å²) in [5.41, 5.74) is 3.82. The lowest BCUT2D eigenvalue weighted by atomic mass is 9.96. The number of hydrogen-bond donors (Lipinski definition) is 2. The van der Waals surface area contributed by atoms with Gasteiger partial charge in [-0.05, 0) is 43.5 Å². The maximum Gasteiger partial charge on any atom is 0.306 e. The molecule has 0 bridgehead atoms. The van der Waals surface area contributed by atoms with Crippen molar-refractivity contribution in [3.8, 4) is 0 Å². The molecule has 0 aliphatic carbocycles. The van der Waals surface area contributed by atoms with E-state index in [4.69, 9.17) is 5.11 Å². The van der Waals surface area contributed by atoms with Crippen LogP contribution in [0.15, 0.2) is 35.2 Å². The van der Waals surface area contributed by atoms with Crippen molar-refractivity contribution in [2.45, 2.75) is 25.7 Å². The summed E-state index contributed by atoms with van der Waals surface area (Å²) in [6, 6.07) is 6.78. The van der Waals surface area contributed by atoms with Gasteiger partial charge in [-0.3, -0.25) is 14.4 Å². The molecule has 1 saturated heterocycles. The van der Waals surface area contributed by atoms with Crippen molar-refractivity contribution in [3.63, 3.8) is 0 Å². The summed E-state index contributed by atoms with van der Waals surface area (Å²) < 4.78 is 0. The van der Waals surface area contributed by atoms with Crippen molar-refractivity contribution in [2.24, 2.45) is 5.92 Å². The molecule has 1 aliphatic heterocycles. The number of likely N-dealkylation sites (tertiary alicyclic amines) is 1. The number of nitrogens with zero attached hydrogens (tertiary/aromatic N) is 2. The third-order valence-electron chi connectivity index (χ3n) is 4.64. The SMILES string of the molecule is O=C(CCc1cscn1)Nc1ccc(C(=O)N2CCC(C(=O)O)CC2)cc1. The Kier molecular flexibility index (Phi) is 6.18. The average Bonchev–Trinajstić information content (AvgIpc) is 3.20. The molecular weight excluding hydrogens is 366 g/mol. The van der Waals surface area contributed by atoms with Crippen LogP contribution in [0.3, 0.4) is 0 Å². The molecule has 3 rings (SSSR count). The van der Waals surface area contributed by atoms with E-state index < -0.39 is 5.97 Å². The van der Waals surface area contributed by atoms with Gasteiger partial charge in [-0.1, -0.05) is 0 Å². The number of carboxylic acids is 1. The third-order valence-corrected chi connectivity index (χ3v) is 5.27. The quantitative estimate of drug-likeness (QED) is 0.794. The molecule has 1 aliphatic rings. The molecule has 1 fully saturated rings. The number of piperidine rings is 1. The summed E-state index contributed by atoms with van der Waals surface area (Å²) >= 11 is 1.50. The minimum absolute atomic E-state index is 0.0992. The Morgan fingerprint density at radius 2 is 1.89 bits per heavy atom. The van der Waals surface area contributed by atoms with Crippen LogP contribution >= 0.6 is 11.3 Å². The molecule has 1 aromatic heterocycles. The van der Waals surface area contributed by atoms with Gasteiger partial charge in [0.1, 0.15) is 0 Å². The first-order valence-corrected chi connectivity index (χ1v) is 9.76. The molecule has 2 heterocycles. The Balaban J connectivity index is 1.50. The molecule has 0 spiro atoms. The van der Waals surface area contributed by atoms with Crippen LogP contribution in [0, 0.1) is 5.92 Å². The van der Waals surface area contributed by atoms with E-state index in [9.17, 15) is 14.4 Å². The van der Waals surface area contributed by atoms with Crippen molar-refractivity contribution in [3.05, 3.63) is 46.4 Å². The molecule has 2 aromatic rings. The summed E-state index contributed by atoms with van der Waals surface area (Å²) in [7, 11) is 0. The fourth-order valence-electron chi connectivity index (χ4n) is 3.03. The fraction of sp³-hybridized carbons (Fsp3) is 0.368. The smallest absolute Gasteiger partial charge is 0.306 e. The number of rotatable bonds is 6. The Labute approximate surface area is 161 Å². The van der Waals surface area contributed by atoms with Crippen LogP contribution in [-0.2, 0) is 16.0 Å². The van der Waals surface area contributed by atoms with Gasteiger partial charge in [-0.15, -0.1) is 11.3 Å². The van der Waals surface area contributed by atoms with Crippen molar-refractivity contribution in [2.75, 3.05) is 18.4 Å². The van der Waals surface area contributed by atoms with E-state index in [2.05, 4.69) is 10.3 Å². The normalized spacial score (nSPS) is 14.7. The zero-order valence-electron chi connectivity index (χ0n) is 14.8.